The SMILES string of the molecule is CN/C(C)=C(/CN)NC. The van der Waals surface area contributed by atoms with Gasteiger partial charge in [0.2, 0.25) is 0 Å². The molecule has 0 aromatic heterocycles. The van der Waals surface area contributed by atoms with E-state index in [9.17, 15) is 0 Å². The molecule has 0 saturated carbocycles. The van der Waals surface area contributed by atoms with Crippen LogP contribution in [0.5, 0.6) is 0 Å². The van der Waals surface area contributed by atoms with Crippen LogP contribution in [0.25, 0.3) is 0 Å². The number of hydrogen-bond acceptors (Lipinski definition) is 3. The molecular weight excluding hydrogens is 114 g/mol. The molecule has 0 bridgehead atoms. The highest BCUT2D eigenvalue weighted by Gasteiger charge is 1.92. The summed E-state index contributed by atoms with van der Waals surface area (Å²) in [6, 6.07) is 0. The van der Waals surface area contributed by atoms with E-state index < -0.39 is 0 Å². The monoisotopic (exact) mass is 129 g/mol. The van der Waals surface area contributed by atoms with Gasteiger partial charge in [-0.25, -0.2) is 0 Å². The van der Waals surface area contributed by atoms with Crippen molar-refractivity contribution in [2.75, 3.05) is 20.6 Å². The summed E-state index contributed by atoms with van der Waals surface area (Å²) in [6.07, 6.45) is 0. The van der Waals surface area contributed by atoms with Crippen molar-refractivity contribution in [3.63, 3.8) is 0 Å². The van der Waals surface area contributed by atoms with Crippen molar-refractivity contribution in [1.82, 2.24) is 10.6 Å². The smallest absolute Gasteiger partial charge is 0.0432 e. The quantitative estimate of drug-likeness (QED) is 0.486. The van der Waals surface area contributed by atoms with E-state index in [-0.39, 0.29) is 0 Å². The minimum atomic E-state index is 0.559. The highest BCUT2D eigenvalue weighted by molar-refractivity contribution is 5.08. The summed E-state index contributed by atoms with van der Waals surface area (Å²) in [7, 11) is 3.74. The van der Waals surface area contributed by atoms with Crippen molar-refractivity contribution in [1.29, 1.82) is 0 Å². The molecule has 0 aliphatic rings. The molecule has 0 amide bonds. The topological polar surface area (TPSA) is 50.1 Å². The van der Waals surface area contributed by atoms with Gasteiger partial charge in [0.25, 0.3) is 0 Å². The number of allylic oxidation sites excluding steroid dienone is 1. The molecule has 0 saturated heterocycles. The molecule has 0 radical (unpaired) electrons. The van der Waals surface area contributed by atoms with Crippen molar-refractivity contribution in [2.24, 2.45) is 5.73 Å². The van der Waals surface area contributed by atoms with Gasteiger partial charge >= 0.3 is 0 Å². The summed E-state index contributed by atoms with van der Waals surface area (Å²) in [4.78, 5) is 0. The fraction of sp³-hybridized carbons (Fsp3) is 0.667. The van der Waals surface area contributed by atoms with E-state index in [1.54, 1.807) is 0 Å². The zero-order valence-corrected chi connectivity index (χ0v) is 6.28. The van der Waals surface area contributed by atoms with E-state index in [1.165, 1.54) is 0 Å². The first kappa shape index (κ1) is 8.30. The number of likely N-dealkylation sites (N-methyl/N-ethyl adjacent to an activating group) is 1. The molecule has 0 fully saturated rings. The second-order valence-electron chi connectivity index (χ2n) is 1.81. The van der Waals surface area contributed by atoms with Crippen molar-refractivity contribution in [3.05, 3.63) is 11.4 Å². The standard InChI is InChI=1S/C6H15N3/c1-5(8-2)6(4-7)9-3/h8-9H,4,7H2,1-3H3/b6-5-. The van der Waals surface area contributed by atoms with E-state index in [1.807, 2.05) is 21.0 Å². The number of nitrogens with one attached hydrogen (secondary N) is 2. The minimum Gasteiger partial charge on any atom is -0.390 e. The third kappa shape index (κ3) is 2.37. The first-order valence-corrected chi connectivity index (χ1v) is 3.01. The number of hydrogen-bond donors (Lipinski definition) is 3. The molecule has 3 nitrogen and oxygen atoms in total. The summed E-state index contributed by atoms with van der Waals surface area (Å²) in [5, 5.41) is 6.00. The summed E-state index contributed by atoms with van der Waals surface area (Å²) < 4.78 is 0. The Morgan fingerprint density at radius 3 is 2.00 bits per heavy atom. The average molecular weight is 129 g/mol. The van der Waals surface area contributed by atoms with Gasteiger partial charge in [0.15, 0.2) is 0 Å². The largest absolute Gasteiger partial charge is 0.390 e. The summed E-state index contributed by atoms with van der Waals surface area (Å²) in [6.45, 7) is 2.54. The average Bonchev–Trinajstić information content (AvgIpc) is 1.90. The molecule has 3 heteroatoms. The molecule has 0 atom stereocenters. The minimum absolute atomic E-state index is 0.559. The van der Waals surface area contributed by atoms with Crippen molar-refractivity contribution in [2.45, 2.75) is 6.92 Å². The Kier molecular flexibility index (Phi) is 3.88. The fourth-order valence-corrected chi connectivity index (χ4v) is 0.594. The molecule has 0 aliphatic carbocycles. The van der Waals surface area contributed by atoms with Crippen LogP contribution in [-0.4, -0.2) is 20.6 Å². The van der Waals surface area contributed by atoms with Crippen LogP contribution < -0.4 is 16.4 Å². The van der Waals surface area contributed by atoms with Gasteiger partial charge in [-0.2, -0.15) is 0 Å². The van der Waals surface area contributed by atoms with E-state index in [2.05, 4.69) is 10.6 Å². The lowest BCUT2D eigenvalue weighted by molar-refractivity contribution is 0.843. The van der Waals surface area contributed by atoms with E-state index in [0.29, 0.717) is 6.54 Å². The molecule has 4 N–H and O–H groups in total. The first-order chi connectivity index (χ1) is 4.26. The molecule has 54 valence electrons. The third-order valence-corrected chi connectivity index (χ3v) is 1.33. The summed E-state index contributed by atoms with van der Waals surface area (Å²) in [5.41, 5.74) is 7.55. The number of rotatable bonds is 3. The first-order valence-electron chi connectivity index (χ1n) is 3.01. The molecule has 0 aromatic carbocycles. The fourth-order valence-electron chi connectivity index (χ4n) is 0.594. The predicted octanol–water partition coefficient (Wildman–Crippen LogP) is -0.385. The molecule has 0 aromatic rings. The van der Waals surface area contributed by atoms with Crippen LogP contribution in [0.15, 0.2) is 11.4 Å². The van der Waals surface area contributed by atoms with Crippen LogP contribution >= 0.6 is 0 Å². The van der Waals surface area contributed by atoms with Gasteiger partial charge < -0.3 is 16.4 Å². The van der Waals surface area contributed by atoms with Crippen LogP contribution in [0.4, 0.5) is 0 Å². The van der Waals surface area contributed by atoms with E-state index >= 15 is 0 Å². The van der Waals surface area contributed by atoms with Crippen LogP contribution in [0, 0.1) is 0 Å². The van der Waals surface area contributed by atoms with Crippen molar-refractivity contribution < 1.29 is 0 Å². The highest BCUT2D eigenvalue weighted by Crippen LogP contribution is 1.90. The highest BCUT2D eigenvalue weighted by atomic mass is 14.9. The Balaban J connectivity index is 4.01. The van der Waals surface area contributed by atoms with E-state index in [0.717, 1.165) is 11.4 Å². The molecule has 0 unspecified atom stereocenters. The zero-order valence-electron chi connectivity index (χ0n) is 6.28. The normalized spacial score (nSPS) is 12.4. The van der Waals surface area contributed by atoms with Crippen LogP contribution in [0.3, 0.4) is 0 Å². The van der Waals surface area contributed by atoms with Gasteiger partial charge in [0.1, 0.15) is 0 Å². The van der Waals surface area contributed by atoms with Gasteiger partial charge in [0.05, 0.1) is 0 Å². The maximum Gasteiger partial charge on any atom is 0.0432 e. The van der Waals surface area contributed by atoms with Crippen LogP contribution in [-0.2, 0) is 0 Å². The molecular formula is C6H15N3. The zero-order chi connectivity index (χ0) is 7.28. The van der Waals surface area contributed by atoms with Gasteiger partial charge in [-0.05, 0) is 6.92 Å². The molecule has 9 heavy (non-hydrogen) atoms. The number of nitrogens with two attached hydrogens (primary N) is 1. The van der Waals surface area contributed by atoms with Crippen LogP contribution in [0.1, 0.15) is 6.92 Å². The Morgan fingerprint density at radius 2 is 1.89 bits per heavy atom. The lowest BCUT2D eigenvalue weighted by Gasteiger charge is -2.07. The van der Waals surface area contributed by atoms with Gasteiger partial charge in [0, 0.05) is 32.0 Å². The third-order valence-electron chi connectivity index (χ3n) is 1.33. The van der Waals surface area contributed by atoms with Crippen molar-refractivity contribution in [3.8, 4) is 0 Å². The molecule has 0 heterocycles. The molecule has 0 aliphatic heterocycles. The Morgan fingerprint density at radius 1 is 1.33 bits per heavy atom. The summed E-state index contributed by atoms with van der Waals surface area (Å²) in [5.74, 6) is 0. The van der Waals surface area contributed by atoms with Crippen LogP contribution in [0.2, 0.25) is 0 Å². The second-order valence-corrected chi connectivity index (χ2v) is 1.81. The lowest BCUT2D eigenvalue weighted by atomic mass is 10.3. The van der Waals surface area contributed by atoms with E-state index in [4.69, 9.17) is 5.73 Å². The maximum atomic E-state index is 5.40. The molecule has 0 rings (SSSR count). The lowest BCUT2D eigenvalue weighted by Crippen LogP contribution is -2.21. The van der Waals surface area contributed by atoms with Gasteiger partial charge in [-0.1, -0.05) is 0 Å². The maximum absolute atomic E-state index is 5.40. The Hall–Kier alpha value is -0.700. The van der Waals surface area contributed by atoms with Gasteiger partial charge in [-0.3, -0.25) is 0 Å². The van der Waals surface area contributed by atoms with Crippen molar-refractivity contribution >= 4 is 0 Å². The second kappa shape index (κ2) is 4.21. The Labute approximate surface area is 56.3 Å². The molecule has 0 spiro atoms. The summed E-state index contributed by atoms with van der Waals surface area (Å²) >= 11 is 0. The van der Waals surface area contributed by atoms with Gasteiger partial charge in [-0.15, -0.1) is 0 Å². The Bertz CT molecular complexity index is 101. The predicted molar refractivity (Wildman–Crippen MR) is 39.9 cm³/mol.